The SMILES string of the molecule is CCCC[C@@H](CC)CCC(C)=O. The summed E-state index contributed by atoms with van der Waals surface area (Å²) < 4.78 is 0. The van der Waals surface area contributed by atoms with Crippen LogP contribution in [-0.2, 0) is 4.79 Å². The molecule has 0 saturated carbocycles. The minimum Gasteiger partial charge on any atom is -0.300 e. The molecule has 0 unspecified atom stereocenters. The zero-order chi connectivity index (χ0) is 9.40. The van der Waals surface area contributed by atoms with Gasteiger partial charge in [0.05, 0.1) is 0 Å². The van der Waals surface area contributed by atoms with Crippen molar-refractivity contribution in [1.82, 2.24) is 0 Å². The number of Topliss-reactive ketones (excluding diaryl/α,β-unsaturated/α-hetero) is 1. The van der Waals surface area contributed by atoms with Crippen LogP contribution < -0.4 is 0 Å². The van der Waals surface area contributed by atoms with Crippen LogP contribution in [0.2, 0.25) is 0 Å². The van der Waals surface area contributed by atoms with Gasteiger partial charge in [-0.3, -0.25) is 0 Å². The third-order valence-electron chi connectivity index (χ3n) is 2.45. The third-order valence-corrected chi connectivity index (χ3v) is 2.45. The monoisotopic (exact) mass is 170 g/mol. The second-order valence-corrected chi connectivity index (χ2v) is 3.66. The van der Waals surface area contributed by atoms with Crippen LogP contribution in [0.15, 0.2) is 0 Å². The Bertz CT molecular complexity index is 118. The standard InChI is InChI=1S/C11H22O/c1-4-6-7-11(5-2)9-8-10(3)12/h11H,4-9H2,1-3H3/t11-/m1/s1. The number of unbranched alkanes of at least 4 members (excludes halogenated alkanes) is 1. The van der Waals surface area contributed by atoms with E-state index in [0.717, 1.165) is 18.8 Å². The van der Waals surface area contributed by atoms with Crippen molar-refractivity contribution in [1.29, 1.82) is 0 Å². The molecule has 0 saturated heterocycles. The minimum absolute atomic E-state index is 0.338. The highest BCUT2D eigenvalue weighted by Gasteiger charge is 2.06. The molecule has 0 aromatic rings. The molecule has 0 radical (unpaired) electrons. The first-order valence-electron chi connectivity index (χ1n) is 5.20. The fourth-order valence-electron chi connectivity index (χ4n) is 1.45. The summed E-state index contributed by atoms with van der Waals surface area (Å²) in [6.07, 6.45) is 7.01. The first kappa shape index (κ1) is 11.7. The topological polar surface area (TPSA) is 17.1 Å². The molecule has 1 atom stereocenters. The van der Waals surface area contributed by atoms with Crippen molar-refractivity contribution in [3.05, 3.63) is 0 Å². The van der Waals surface area contributed by atoms with Gasteiger partial charge in [0.2, 0.25) is 0 Å². The Morgan fingerprint density at radius 1 is 1.25 bits per heavy atom. The Morgan fingerprint density at radius 2 is 1.92 bits per heavy atom. The molecular weight excluding hydrogens is 148 g/mol. The number of carbonyl (C=O) groups is 1. The Balaban J connectivity index is 3.45. The first-order chi connectivity index (χ1) is 5.70. The van der Waals surface area contributed by atoms with E-state index < -0.39 is 0 Å². The van der Waals surface area contributed by atoms with Crippen LogP contribution in [0.1, 0.15) is 59.3 Å². The highest BCUT2D eigenvalue weighted by molar-refractivity contribution is 5.75. The van der Waals surface area contributed by atoms with Gasteiger partial charge < -0.3 is 4.79 Å². The molecule has 0 aromatic carbocycles. The fraction of sp³-hybridized carbons (Fsp3) is 0.909. The molecule has 0 aliphatic rings. The summed E-state index contributed by atoms with van der Waals surface area (Å²) in [5.41, 5.74) is 0. The Hall–Kier alpha value is -0.330. The van der Waals surface area contributed by atoms with Gasteiger partial charge >= 0.3 is 0 Å². The van der Waals surface area contributed by atoms with Crippen molar-refractivity contribution in [3.8, 4) is 0 Å². The lowest BCUT2D eigenvalue weighted by Crippen LogP contribution is -2.01. The number of ketones is 1. The summed E-state index contributed by atoms with van der Waals surface area (Å²) in [7, 11) is 0. The maximum atomic E-state index is 10.7. The molecule has 0 aromatic heterocycles. The number of hydrogen-bond donors (Lipinski definition) is 0. The summed E-state index contributed by atoms with van der Waals surface area (Å²) in [6, 6.07) is 0. The minimum atomic E-state index is 0.338. The molecule has 0 heterocycles. The summed E-state index contributed by atoms with van der Waals surface area (Å²) >= 11 is 0. The molecule has 0 aliphatic carbocycles. The van der Waals surface area contributed by atoms with Gasteiger partial charge in [0, 0.05) is 6.42 Å². The van der Waals surface area contributed by atoms with Crippen LogP contribution >= 0.6 is 0 Å². The molecule has 0 amide bonds. The van der Waals surface area contributed by atoms with E-state index in [-0.39, 0.29) is 0 Å². The lowest BCUT2D eigenvalue weighted by atomic mass is 9.94. The van der Waals surface area contributed by atoms with Crippen molar-refractivity contribution in [2.45, 2.75) is 59.3 Å². The molecule has 0 N–H and O–H groups in total. The van der Waals surface area contributed by atoms with E-state index in [0.29, 0.717) is 5.78 Å². The van der Waals surface area contributed by atoms with E-state index in [1.54, 1.807) is 6.92 Å². The molecular formula is C11H22O. The zero-order valence-corrected chi connectivity index (χ0v) is 8.73. The highest BCUT2D eigenvalue weighted by atomic mass is 16.1. The molecule has 12 heavy (non-hydrogen) atoms. The van der Waals surface area contributed by atoms with E-state index in [9.17, 15) is 4.79 Å². The Morgan fingerprint density at radius 3 is 2.33 bits per heavy atom. The van der Waals surface area contributed by atoms with Crippen LogP contribution in [0.3, 0.4) is 0 Å². The van der Waals surface area contributed by atoms with E-state index >= 15 is 0 Å². The van der Waals surface area contributed by atoms with E-state index in [1.807, 2.05) is 0 Å². The van der Waals surface area contributed by atoms with Gasteiger partial charge in [-0.25, -0.2) is 0 Å². The van der Waals surface area contributed by atoms with Gasteiger partial charge in [-0.15, -0.1) is 0 Å². The smallest absolute Gasteiger partial charge is 0.129 e. The second kappa shape index (κ2) is 7.33. The predicted molar refractivity (Wildman–Crippen MR) is 53.2 cm³/mol. The van der Waals surface area contributed by atoms with Crippen molar-refractivity contribution in [2.24, 2.45) is 5.92 Å². The highest BCUT2D eigenvalue weighted by Crippen LogP contribution is 2.18. The normalized spacial score (nSPS) is 12.9. The van der Waals surface area contributed by atoms with Crippen molar-refractivity contribution in [2.75, 3.05) is 0 Å². The molecule has 0 fully saturated rings. The summed E-state index contributed by atoms with van der Waals surface area (Å²) in [6.45, 7) is 6.13. The third kappa shape index (κ3) is 6.38. The number of carbonyl (C=O) groups excluding carboxylic acids is 1. The van der Waals surface area contributed by atoms with E-state index in [2.05, 4.69) is 13.8 Å². The number of rotatable bonds is 7. The molecule has 0 aliphatic heterocycles. The lowest BCUT2D eigenvalue weighted by molar-refractivity contribution is -0.117. The molecule has 0 bridgehead atoms. The molecule has 1 nitrogen and oxygen atoms in total. The van der Waals surface area contributed by atoms with Crippen LogP contribution in [0, 0.1) is 5.92 Å². The zero-order valence-electron chi connectivity index (χ0n) is 8.73. The molecule has 1 heteroatoms. The Labute approximate surface area is 76.6 Å². The van der Waals surface area contributed by atoms with Gasteiger partial charge in [0.25, 0.3) is 0 Å². The van der Waals surface area contributed by atoms with E-state index in [4.69, 9.17) is 0 Å². The summed E-state index contributed by atoms with van der Waals surface area (Å²) in [5.74, 6) is 1.12. The van der Waals surface area contributed by atoms with Crippen molar-refractivity contribution >= 4 is 5.78 Å². The lowest BCUT2D eigenvalue weighted by Gasteiger charge is -2.12. The van der Waals surface area contributed by atoms with Gasteiger partial charge in [0.1, 0.15) is 5.78 Å². The largest absolute Gasteiger partial charge is 0.300 e. The average molecular weight is 170 g/mol. The van der Waals surface area contributed by atoms with E-state index in [1.165, 1.54) is 25.7 Å². The van der Waals surface area contributed by atoms with Crippen LogP contribution in [0.25, 0.3) is 0 Å². The average Bonchev–Trinajstić information content (AvgIpc) is 2.05. The van der Waals surface area contributed by atoms with Crippen molar-refractivity contribution in [3.63, 3.8) is 0 Å². The second-order valence-electron chi connectivity index (χ2n) is 3.66. The van der Waals surface area contributed by atoms with Crippen LogP contribution in [0.5, 0.6) is 0 Å². The molecule has 0 rings (SSSR count). The first-order valence-corrected chi connectivity index (χ1v) is 5.20. The van der Waals surface area contributed by atoms with Gasteiger partial charge in [-0.2, -0.15) is 0 Å². The molecule has 0 spiro atoms. The van der Waals surface area contributed by atoms with Crippen LogP contribution in [-0.4, -0.2) is 5.78 Å². The van der Waals surface area contributed by atoms with Gasteiger partial charge in [0.15, 0.2) is 0 Å². The van der Waals surface area contributed by atoms with Gasteiger partial charge in [-0.05, 0) is 19.3 Å². The quantitative estimate of drug-likeness (QED) is 0.571. The maximum Gasteiger partial charge on any atom is 0.129 e. The predicted octanol–water partition coefficient (Wildman–Crippen LogP) is 3.57. The molecule has 72 valence electrons. The fourth-order valence-corrected chi connectivity index (χ4v) is 1.45. The van der Waals surface area contributed by atoms with Crippen LogP contribution in [0.4, 0.5) is 0 Å². The maximum absolute atomic E-state index is 10.7. The Kier molecular flexibility index (Phi) is 7.12. The summed E-state index contributed by atoms with van der Waals surface area (Å²) in [5, 5.41) is 0. The number of hydrogen-bond acceptors (Lipinski definition) is 1. The van der Waals surface area contributed by atoms with Crippen molar-refractivity contribution < 1.29 is 4.79 Å². The van der Waals surface area contributed by atoms with Gasteiger partial charge in [-0.1, -0.05) is 39.5 Å². The summed E-state index contributed by atoms with van der Waals surface area (Å²) in [4.78, 5) is 10.7.